The van der Waals surface area contributed by atoms with Gasteiger partial charge in [-0.3, -0.25) is 0 Å². The van der Waals surface area contributed by atoms with Gasteiger partial charge >= 0.3 is 179 Å². The molecule has 0 nitrogen and oxygen atoms in total. The number of rotatable bonds is 6. The summed E-state index contributed by atoms with van der Waals surface area (Å²) in [5.74, 6) is 0. The molecule has 30 heavy (non-hydrogen) atoms. The maximum atomic E-state index is 2.74. The summed E-state index contributed by atoms with van der Waals surface area (Å²) in [4.78, 5) is 0. The van der Waals surface area contributed by atoms with Gasteiger partial charge in [-0.2, -0.15) is 0 Å². The Morgan fingerprint density at radius 3 is 1.27 bits per heavy atom. The molecule has 0 aromatic heterocycles. The standard InChI is InChI=1S/2C12H19.2CH3.2ClH.H2Si.Zr/c2*1-5-6-10-7-8-11(9-10)12(2,3)4;;;;;;/h2*9H,5-7H2,1-4H3;2*1H3;2*1H;1H2;. The van der Waals surface area contributed by atoms with E-state index in [2.05, 4.69) is 83.7 Å². The van der Waals surface area contributed by atoms with Crippen molar-refractivity contribution in [1.29, 1.82) is 0 Å². The molecule has 0 atom stereocenters. The number of hydrogen-bond donors (Lipinski definition) is 0. The van der Waals surface area contributed by atoms with Crippen molar-refractivity contribution < 1.29 is 17.4 Å². The van der Waals surface area contributed by atoms with Crippen LogP contribution in [0.3, 0.4) is 0 Å². The molecule has 0 bridgehead atoms. The summed E-state index contributed by atoms with van der Waals surface area (Å²) in [5.41, 5.74) is 7.24. The molecule has 0 fully saturated rings. The van der Waals surface area contributed by atoms with Crippen LogP contribution in [-0.4, -0.2) is 6.88 Å². The minimum absolute atomic E-state index is 0. The Labute approximate surface area is 202 Å². The molecular formula is C26H48Cl2SiZr. The second kappa shape index (κ2) is 10.3. The molecule has 0 aliphatic heterocycles. The number of hydrogen-bond acceptors (Lipinski definition) is 0. The van der Waals surface area contributed by atoms with E-state index in [1.54, 1.807) is 22.3 Å². The quantitative estimate of drug-likeness (QED) is 0.289. The second-order valence-corrected chi connectivity index (χ2v) is 41.1. The van der Waals surface area contributed by atoms with Gasteiger partial charge in [-0.05, 0) is 0 Å². The normalized spacial score (nSPS) is 18.2. The van der Waals surface area contributed by atoms with Crippen molar-refractivity contribution in [2.75, 3.05) is 0 Å². The first-order valence-corrected chi connectivity index (χ1v) is 24.8. The molecular weight excluding hydrogens is 503 g/mol. The van der Waals surface area contributed by atoms with E-state index < -0.39 is 17.4 Å². The van der Waals surface area contributed by atoms with E-state index in [1.807, 2.05) is 6.56 Å². The Kier molecular flexibility index (Phi) is 10.5. The van der Waals surface area contributed by atoms with E-state index in [-0.39, 0.29) is 35.6 Å². The Balaban J connectivity index is 0.00000420. The van der Waals surface area contributed by atoms with Gasteiger partial charge in [0.2, 0.25) is 0 Å². The van der Waals surface area contributed by atoms with Gasteiger partial charge < -0.3 is 0 Å². The van der Waals surface area contributed by atoms with Crippen LogP contribution in [0.15, 0.2) is 41.0 Å². The Bertz CT molecular complexity index is 769. The smallest absolute Gasteiger partial charge is 0.147 e. The summed E-state index contributed by atoms with van der Waals surface area (Å²) in [7, 11) is 0. The minimum atomic E-state index is -3.25. The molecule has 174 valence electrons. The van der Waals surface area contributed by atoms with E-state index >= 15 is 0 Å². The van der Waals surface area contributed by atoms with Crippen LogP contribution in [0.5, 0.6) is 0 Å². The zero-order valence-electron chi connectivity index (χ0n) is 21.4. The molecule has 0 saturated heterocycles. The van der Waals surface area contributed by atoms with Gasteiger partial charge in [-0.25, -0.2) is 0 Å². The summed E-state index contributed by atoms with van der Waals surface area (Å²) in [6.07, 6.45) is 12.8. The second-order valence-electron chi connectivity index (χ2n) is 12.4. The third kappa shape index (κ3) is 6.36. The van der Waals surface area contributed by atoms with Crippen molar-refractivity contribution in [3.8, 4) is 0 Å². The first-order chi connectivity index (χ1) is 12.6. The van der Waals surface area contributed by atoms with Gasteiger partial charge in [0.1, 0.15) is 0 Å². The predicted molar refractivity (Wildman–Crippen MR) is 143 cm³/mol. The molecule has 0 N–H and O–H groups in total. The van der Waals surface area contributed by atoms with Gasteiger partial charge in [0.05, 0.1) is 0 Å². The predicted octanol–water partition coefficient (Wildman–Crippen LogP) is 9.02. The Morgan fingerprint density at radius 1 is 0.733 bits per heavy atom. The first kappa shape index (κ1) is 30.6. The molecule has 0 spiro atoms. The topological polar surface area (TPSA) is 0 Å². The van der Waals surface area contributed by atoms with E-state index in [4.69, 9.17) is 0 Å². The fourth-order valence-electron chi connectivity index (χ4n) is 5.24. The monoisotopic (exact) mass is 548 g/mol. The number of halogens is 2. The van der Waals surface area contributed by atoms with Crippen molar-refractivity contribution in [1.82, 2.24) is 0 Å². The minimum Gasteiger partial charge on any atom is -0.147 e. The summed E-state index contributed by atoms with van der Waals surface area (Å²) in [5, 5.41) is 0. The molecule has 2 aliphatic rings. The molecule has 2 aliphatic carbocycles. The SMILES string of the molecule is CCCC1=CC(C(C)(C)C)=[C]([Zr]([CH3])([CH3])(=[SiH2])[C]2=C(C(C)(C)C)C=C(CCC)C2)C1.Cl.Cl. The van der Waals surface area contributed by atoms with E-state index in [9.17, 15) is 0 Å². The molecule has 0 aromatic carbocycles. The third-order valence-electron chi connectivity index (χ3n) is 6.85. The summed E-state index contributed by atoms with van der Waals surface area (Å²) >= 11 is -3.25. The molecule has 0 saturated carbocycles. The molecule has 0 unspecified atom stereocenters. The zero-order chi connectivity index (χ0) is 21.6. The fourth-order valence-corrected chi connectivity index (χ4v) is 20.2. The third-order valence-corrected chi connectivity index (χ3v) is 23.6. The van der Waals surface area contributed by atoms with Gasteiger partial charge in [-0.1, -0.05) is 0 Å². The zero-order valence-corrected chi connectivity index (χ0v) is 26.9. The van der Waals surface area contributed by atoms with Crippen LogP contribution >= 0.6 is 24.8 Å². The van der Waals surface area contributed by atoms with Crippen molar-refractivity contribution in [2.24, 2.45) is 10.8 Å². The largest absolute Gasteiger partial charge is 0.147 e. The molecule has 4 heteroatoms. The van der Waals surface area contributed by atoms with Crippen LogP contribution in [0.2, 0.25) is 9.26 Å². The fraction of sp³-hybridized carbons (Fsp3) is 0.692. The average molecular weight is 551 g/mol. The van der Waals surface area contributed by atoms with Gasteiger partial charge in [0.15, 0.2) is 0 Å². The van der Waals surface area contributed by atoms with E-state index in [0.29, 0.717) is 0 Å². The maximum absolute atomic E-state index is 3.25. The van der Waals surface area contributed by atoms with Crippen molar-refractivity contribution in [2.45, 2.75) is 103 Å². The van der Waals surface area contributed by atoms with Crippen LogP contribution in [0.4, 0.5) is 0 Å². The van der Waals surface area contributed by atoms with Crippen molar-refractivity contribution in [3.63, 3.8) is 0 Å². The van der Waals surface area contributed by atoms with E-state index in [1.165, 1.54) is 38.5 Å². The van der Waals surface area contributed by atoms with Crippen molar-refractivity contribution in [3.05, 3.63) is 41.0 Å². The summed E-state index contributed by atoms with van der Waals surface area (Å²) in [6, 6.07) is 0. The summed E-state index contributed by atoms with van der Waals surface area (Å²) < 4.78 is 9.26. The summed E-state index contributed by atoms with van der Waals surface area (Å²) in [6.45, 7) is 21.7. The molecule has 0 heterocycles. The van der Waals surface area contributed by atoms with E-state index in [0.717, 1.165) is 0 Å². The van der Waals surface area contributed by atoms with Crippen LogP contribution in [0.25, 0.3) is 0 Å². The van der Waals surface area contributed by atoms with Crippen LogP contribution in [0.1, 0.15) is 93.9 Å². The Morgan fingerprint density at radius 2 is 1.03 bits per heavy atom. The average Bonchev–Trinajstić information content (AvgIpc) is 3.12. The van der Waals surface area contributed by atoms with Crippen LogP contribution < -0.4 is 0 Å². The molecule has 0 amide bonds. The molecule has 0 aromatic rings. The molecule has 2 rings (SSSR count). The number of allylic oxidation sites excluding steroid dienone is 8. The Hall–Kier alpha value is 0.640. The van der Waals surface area contributed by atoms with Crippen molar-refractivity contribution >= 4 is 31.7 Å². The van der Waals surface area contributed by atoms with Gasteiger partial charge in [0, 0.05) is 0 Å². The van der Waals surface area contributed by atoms with Gasteiger partial charge in [-0.15, -0.1) is 24.8 Å². The van der Waals surface area contributed by atoms with Gasteiger partial charge in [0.25, 0.3) is 0 Å². The molecule has 0 radical (unpaired) electrons. The van der Waals surface area contributed by atoms with Crippen LogP contribution in [0, 0.1) is 10.8 Å². The maximum Gasteiger partial charge on any atom is -0.147 e. The first-order valence-electron chi connectivity index (χ1n) is 11.5. The van der Waals surface area contributed by atoms with Crippen LogP contribution in [-0.2, 0) is 17.4 Å².